The van der Waals surface area contributed by atoms with E-state index in [0.717, 1.165) is 24.1 Å². The molecule has 23 heavy (non-hydrogen) atoms. The molecule has 0 bridgehead atoms. The molecule has 1 amide bonds. The molecule has 5 nitrogen and oxygen atoms in total. The normalized spacial score (nSPS) is 11.5. The lowest BCUT2D eigenvalue weighted by atomic mass is 9.92. The maximum atomic E-state index is 12.6. The average molecular weight is 314 g/mol. The van der Waals surface area contributed by atoms with Gasteiger partial charge in [0.05, 0.1) is 23.8 Å². The molecule has 0 atom stereocenters. The number of hydrogen-bond donors (Lipinski definition) is 2. The SMILES string of the molecule is CCC(CC)(CN)NC(=O)c1cnn(Cc2ccccc2)c1C. The fourth-order valence-electron chi connectivity index (χ4n) is 2.66. The van der Waals surface area contributed by atoms with Crippen molar-refractivity contribution in [2.45, 2.75) is 45.7 Å². The minimum Gasteiger partial charge on any atom is -0.345 e. The number of rotatable bonds is 7. The molecule has 2 aromatic rings. The summed E-state index contributed by atoms with van der Waals surface area (Å²) in [6.45, 7) is 7.10. The number of carbonyl (C=O) groups excluding carboxylic acids is 1. The van der Waals surface area contributed by atoms with Gasteiger partial charge in [0.25, 0.3) is 5.91 Å². The lowest BCUT2D eigenvalue weighted by Gasteiger charge is -2.31. The lowest BCUT2D eigenvalue weighted by molar-refractivity contribution is 0.0894. The summed E-state index contributed by atoms with van der Waals surface area (Å²) in [6.07, 6.45) is 3.26. The summed E-state index contributed by atoms with van der Waals surface area (Å²) in [6, 6.07) is 10.1. The van der Waals surface area contributed by atoms with E-state index in [2.05, 4.69) is 22.5 Å². The number of nitrogens with zero attached hydrogens (tertiary/aromatic N) is 2. The van der Waals surface area contributed by atoms with Crippen LogP contribution in [-0.2, 0) is 6.54 Å². The fourth-order valence-corrected chi connectivity index (χ4v) is 2.66. The van der Waals surface area contributed by atoms with Crippen molar-refractivity contribution in [3.8, 4) is 0 Å². The number of benzene rings is 1. The van der Waals surface area contributed by atoms with Crippen LogP contribution in [0.3, 0.4) is 0 Å². The number of hydrogen-bond acceptors (Lipinski definition) is 3. The zero-order chi connectivity index (χ0) is 16.9. The predicted molar refractivity (Wildman–Crippen MR) is 92.3 cm³/mol. The van der Waals surface area contributed by atoms with Gasteiger partial charge in [-0.1, -0.05) is 44.2 Å². The molecule has 0 saturated carbocycles. The Hall–Kier alpha value is -2.14. The van der Waals surface area contributed by atoms with Crippen LogP contribution in [0.5, 0.6) is 0 Å². The van der Waals surface area contributed by atoms with Crippen LogP contribution >= 0.6 is 0 Å². The van der Waals surface area contributed by atoms with Gasteiger partial charge in [0.15, 0.2) is 0 Å². The standard InChI is InChI=1S/C18H26N4O/c1-4-18(5-2,13-19)21-17(23)16-11-20-22(14(16)3)12-15-9-7-6-8-10-15/h6-11H,4-5,12-13,19H2,1-3H3,(H,21,23). The molecule has 0 aliphatic rings. The Morgan fingerprint density at radius 2 is 1.91 bits per heavy atom. The van der Waals surface area contributed by atoms with Crippen LogP contribution in [0.4, 0.5) is 0 Å². The zero-order valence-electron chi connectivity index (χ0n) is 14.2. The van der Waals surface area contributed by atoms with Crippen molar-refractivity contribution in [3.05, 3.63) is 53.3 Å². The molecule has 0 aliphatic carbocycles. The molecule has 0 saturated heterocycles. The highest BCUT2D eigenvalue weighted by atomic mass is 16.1. The van der Waals surface area contributed by atoms with Crippen LogP contribution in [0.25, 0.3) is 0 Å². The van der Waals surface area contributed by atoms with Gasteiger partial charge < -0.3 is 11.1 Å². The summed E-state index contributed by atoms with van der Waals surface area (Å²) in [4.78, 5) is 12.6. The van der Waals surface area contributed by atoms with E-state index in [4.69, 9.17) is 5.73 Å². The first-order valence-corrected chi connectivity index (χ1v) is 8.14. The molecule has 0 fully saturated rings. The first kappa shape index (κ1) is 17.2. The average Bonchev–Trinajstić information content (AvgIpc) is 2.94. The van der Waals surface area contributed by atoms with Crippen LogP contribution in [0.1, 0.15) is 48.3 Å². The topological polar surface area (TPSA) is 72.9 Å². The molecule has 1 heterocycles. The lowest BCUT2D eigenvalue weighted by Crippen LogP contribution is -2.52. The number of aromatic nitrogens is 2. The molecule has 124 valence electrons. The van der Waals surface area contributed by atoms with Crippen molar-refractivity contribution in [3.63, 3.8) is 0 Å². The summed E-state index contributed by atoms with van der Waals surface area (Å²) < 4.78 is 1.85. The highest BCUT2D eigenvalue weighted by molar-refractivity contribution is 5.95. The molecule has 5 heteroatoms. The van der Waals surface area contributed by atoms with Gasteiger partial charge in [0, 0.05) is 12.2 Å². The second-order valence-electron chi connectivity index (χ2n) is 5.93. The Morgan fingerprint density at radius 3 is 2.48 bits per heavy atom. The van der Waals surface area contributed by atoms with Crippen molar-refractivity contribution in [1.82, 2.24) is 15.1 Å². The quantitative estimate of drug-likeness (QED) is 0.824. The Labute approximate surface area is 137 Å². The molecule has 0 spiro atoms. The first-order valence-electron chi connectivity index (χ1n) is 8.14. The highest BCUT2D eigenvalue weighted by Crippen LogP contribution is 2.16. The van der Waals surface area contributed by atoms with Crippen LogP contribution in [-0.4, -0.2) is 27.8 Å². The van der Waals surface area contributed by atoms with Gasteiger partial charge in [-0.05, 0) is 25.3 Å². The van der Waals surface area contributed by atoms with E-state index >= 15 is 0 Å². The molecule has 1 aromatic carbocycles. The molecule has 0 unspecified atom stereocenters. The number of nitrogens with one attached hydrogen (secondary N) is 1. The summed E-state index contributed by atoms with van der Waals surface area (Å²) in [5.41, 5.74) is 8.16. The molecular weight excluding hydrogens is 288 g/mol. The van der Waals surface area contributed by atoms with Gasteiger partial charge >= 0.3 is 0 Å². The predicted octanol–water partition coefficient (Wildman–Crippen LogP) is 2.49. The van der Waals surface area contributed by atoms with Gasteiger partial charge in [0.1, 0.15) is 0 Å². The van der Waals surface area contributed by atoms with Crippen molar-refractivity contribution < 1.29 is 4.79 Å². The minimum atomic E-state index is -0.342. The third-order valence-electron chi connectivity index (χ3n) is 4.65. The van der Waals surface area contributed by atoms with Crippen LogP contribution in [0.2, 0.25) is 0 Å². The number of nitrogens with two attached hydrogens (primary N) is 1. The Morgan fingerprint density at radius 1 is 1.26 bits per heavy atom. The Balaban J connectivity index is 2.17. The first-order chi connectivity index (χ1) is 11.0. The largest absolute Gasteiger partial charge is 0.345 e. The van der Waals surface area contributed by atoms with Gasteiger partial charge in [-0.25, -0.2) is 0 Å². The van der Waals surface area contributed by atoms with Crippen molar-refractivity contribution in [1.29, 1.82) is 0 Å². The van der Waals surface area contributed by atoms with Crippen LogP contribution in [0.15, 0.2) is 36.5 Å². The monoisotopic (exact) mass is 314 g/mol. The van der Waals surface area contributed by atoms with E-state index in [1.807, 2.05) is 43.7 Å². The van der Waals surface area contributed by atoms with E-state index in [9.17, 15) is 4.79 Å². The van der Waals surface area contributed by atoms with Crippen LogP contribution in [0, 0.1) is 6.92 Å². The summed E-state index contributed by atoms with van der Waals surface area (Å²) in [5.74, 6) is -0.101. The molecular formula is C18H26N4O. The van der Waals surface area contributed by atoms with Gasteiger partial charge in [-0.2, -0.15) is 5.10 Å². The summed E-state index contributed by atoms with van der Waals surface area (Å²) >= 11 is 0. The highest BCUT2D eigenvalue weighted by Gasteiger charge is 2.28. The third-order valence-corrected chi connectivity index (χ3v) is 4.65. The molecule has 0 aliphatic heterocycles. The number of amides is 1. The minimum absolute atomic E-state index is 0.101. The second kappa shape index (κ2) is 7.42. The third kappa shape index (κ3) is 3.79. The van der Waals surface area contributed by atoms with E-state index in [1.54, 1.807) is 6.20 Å². The van der Waals surface area contributed by atoms with Crippen molar-refractivity contribution >= 4 is 5.91 Å². The van der Waals surface area contributed by atoms with E-state index < -0.39 is 0 Å². The number of carbonyl (C=O) groups is 1. The summed E-state index contributed by atoms with van der Waals surface area (Å²) in [5, 5.41) is 7.46. The van der Waals surface area contributed by atoms with Crippen molar-refractivity contribution in [2.75, 3.05) is 6.54 Å². The molecule has 3 N–H and O–H groups in total. The molecule has 1 aromatic heterocycles. The molecule has 2 rings (SSSR count). The van der Waals surface area contributed by atoms with E-state index in [-0.39, 0.29) is 11.4 Å². The fraction of sp³-hybridized carbons (Fsp3) is 0.444. The summed E-state index contributed by atoms with van der Waals surface area (Å²) in [7, 11) is 0. The van der Waals surface area contributed by atoms with E-state index in [1.165, 1.54) is 0 Å². The zero-order valence-corrected chi connectivity index (χ0v) is 14.2. The Bertz CT molecular complexity index is 636. The second-order valence-corrected chi connectivity index (χ2v) is 5.93. The van der Waals surface area contributed by atoms with Gasteiger partial charge in [-0.3, -0.25) is 9.48 Å². The van der Waals surface area contributed by atoms with Crippen LogP contribution < -0.4 is 11.1 Å². The van der Waals surface area contributed by atoms with Gasteiger partial charge in [0.2, 0.25) is 0 Å². The maximum absolute atomic E-state index is 12.6. The van der Waals surface area contributed by atoms with E-state index in [0.29, 0.717) is 18.7 Å². The maximum Gasteiger partial charge on any atom is 0.255 e. The van der Waals surface area contributed by atoms with Crippen molar-refractivity contribution in [2.24, 2.45) is 5.73 Å². The van der Waals surface area contributed by atoms with Gasteiger partial charge in [-0.15, -0.1) is 0 Å². The smallest absolute Gasteiger partial charge is 0.255 e. The molecule has 0 radical (unpaired) electrons. The Kier molecular flexibility index (Phi) is 5.55.